The number of esters is 1. The largest absolute Gasteiger partial charge is 0.461 e. The molecule has 0 saturated heterocycles. The first-order valence-corrected chi connectivity index (χ1v) is 11.8. The van der Waals surface area contributed by atoms with Crippen LogP contribution in [0.1, 0.15) is 26.1 Å². The van der Waals surface area contributed by atoms with Crippen LogP contribution in [0.3, 0.4) is 0 Å². The van der Waals surface area contributed by atoms with E-state index in [0.29, 0.717) is 23.0 Å². The zero-order valence-electron chi connectivity index (χ0n) is 18.8. The maximum Gasteiger partial charge on any atom is 0.313 e. The Morgan fingerprint density at radius 3 is 2.82 bits per heavy atom. The molecule has 1 unspecified atom stereocenters. The molecule has 9 nitrogen and oxygen atoms in total. The van der Waals surface area contributed by atoms with Crippen LogP contribution in [-0.4, -0.2) is 51.2 Å². The first-order chi connectivity index (χ1) is 16.3. The second kappa shape index (κ2) is 11.8. The van der Waals surface area contributed by atoms with E-state index in [-0.39, 0.29) is 42.4 Å². The average Bonchev–Trinajstić information content (AvgIpc) is 3.37. The molecule has 3 rings (SSSR count). The number of carbonyl (C=O) groups is 3. The van der Waals surface area contributed by atoms with Gasteiger partial charge in [-0.3, -0.25) is 19.7 Å². The summed E-state index contributed by atoms with van der Waals surface area (Å²) in [6.45, 7) is 7.64. The summed E-state index contributed by atoms with van der Waals surface area (Å²) in [6, 6.07) is 6.20. The van der Waals surface area contributed by atoms with Crippen molar-refractivity contribution in [1.29, 1.82) is 0 Å². The fourth-order valence-corrected chi connectivity index (χ4v) is 3.99. The van der Waals surface area contributed by atoms with E-state index in [1.807, 2.05) is 13.8 Å². The van der Waals surface area contributed by atoms with Gasteiger partial charge < -0.3 is 14.4 Å². The molecule has 1 N–H and O–H groups in total. The van der Waals surface area contributed by atoms with Gasteiger partial charge in [0.1, 0.15) is 30.6 Å². The number of ether oxygens (including phenoxy) is 2. The number of nitrogens with one attached hydrogen (secondary N) is 1. The molecule has 2 amide bonds. The highest BCUT2D eigenvalue weighted by Crippen LogP contribution is 2.28. The van der Waals surface area contributed by atoms with Gasteiger partial charge in [-0.15, -0.1) is 0 Å². The number of rotatable bonds is 11. The van der Waals surface area contributed by atoms with Crippen LogP contribution >= 0.6 is 23.1 Å². The number of aromatic nitrogens is 2. The average molecular weight is 505 g/mol. The number of para-hydroxylation sites is 1. The normalized spacial score (nSPS) is 14.1. The first-order valence-electron chi connectivity index (χ1n) is 10.6. The Bertz CT molecular complexity index is 1100. The summed E-state index contributed by atoms with van der Waals surface area (Å²) in [7, 11) is 0. The molecule has 0 spiro atoms. The topological polar surface area (TPSA) is 111 Å². The molecule has 1 atom stereocenters. The van der Waals surface area contributed by atoms with Gasteiger partial charge in [0.25, 0.3) is 5.91 Å². The second-order valence-electron chi connectivity index (χ2n) is 7.91. The maximum absolute atomic E-state index is 13.1. The van der Waals surface area contributed by atoms with Crippen molar-refractivity contribution in [2.75, 3.05) is 18.5 Å². The van der Waals surface area contributed by atoms with E-state index < -0.39 is 17.9 Å². The zero-order chi connectivity index (χ0) is 24.7. The molecule has 0 fully saturated rings. The third-order valence-electron chi connectivity index (χ3n) is 4.71. The quantitative estimate of drug-likeness (QED) is 0.367. The molecule has 0 radical (unpaired) electrons. The lowest BCUT2D eigenvalue weighted by Gasteiger charge is -2.28. The molecule has 180 valence electrons. The molecule has 0 aliphatic carbocycles. The van der Waals surface area contributed by atoms with Crippen LogP contribution < -0.4 is 10.1 Å². The predicted molar refractivity (Wildman–Crippen MR) is 129 cm³/mol. The van der Waals surface area contributed by atoms with Crippen LogP contribution in [0.4, 0.5) is 5.13 Å². The summed E-state index contributed by atoms with van der Waals surface area (Å²) in [6.07, 6.45) is 3.14. The Morgan fingerprint density at radius 1 is 1.35 bits per heavy atom. The number of benzene rings is 1. The van der Waals surface area contributed by atoms with Crippen LogP contribution in [0, 0.1) is 5.92 Å². The van der Waals surface area contributed by atoms with Gasteiger partial charge in [0.05, 0.1) is 11.6 Å². The Balaban J connectivity index is 1.66. The smallest absolute Gasteiger partial charge is 0.313 e. The van der Waals surface area contributed by atoms with Crippen LogP contribution in [0.2, 0.25) is 5.02 Å². The van der Waals surface area contributed by atoms with E-state index in [0.717, 1.165) is 11.5 Å². The van der Waals surface area contributed by atoms with Gasteiger partial charge in [-0.1, -0.05) is 50.2 Å². The molecule has 0 bridgehead atoms. The standard InChI is InChI=1S/C23H25ClN4O5S/c1-4-9-32-21(30)12-19-25-23(34-27-19)26-22(31)17(10-14(2)3)28-13-15(11-20(28)29)33-18-8-6-5-7-16(18)24/h4-8,11,14,17H,1,9-10,12-13H2,2-3H3,(H,25,26,27,31). The molecule has 1 aliphatic rings. The Labute approximate surface area is 206 Å². The molecular formula is C23H25ClN4O5S. The number of anilines is 1. The summed E-state index contributed by atoms with van der Waals surface area (Å²) in [5, 5.41) is 3.37. The molecule has 1 aromatic heterocycles. The molecule has 2 aromatic rings. The number of hydrogen-bond acceptors (Lipinski definition) is 8. The number of amides is 2. The Morgan fingerprint density at radius 2 is 2.12 bits per heavy atom. The van der Waals surface area contributed by atoms with Crippen molar-refractivity contribution in [3.63, 3.8) is 0 Å². The highest BCUT2D eigenvalue weighted by molar-refractivity contribution is 7.09. The lowest BCUT2D eigenvalue weighted by Crippen LogP contribution is -2.46. The monoisotopic (exact) mass is 504 g/mol. The summed E-state index contributed by atoms with van der Waals surface area (Å²) < 4.78 is 14.8. The first kappa shape index (κ1) is 25.4. The van der Waals surface area contributed by atoms with Crippen molar-refractivity contribution in [2.24, 2.45) is 5.92 Å². The van der Waals surface area contributed by atoms with Crippen molar-refractivity contribution in [1.82, 2.24) is 14.3 Å². The number of carbonyl (C=O) groups excluding carboxylic acids is 3. The van der Waals surface area contributed by atoms with E-state index in [2.05, 4.69) is 21.3 Å². The molecule has 2 heterocycles. The zero-order valence-corrected chi connectivity index (χ0v) is 20.4. The Hall–Kier alpha value is -3.24. The van der Waals surface area contributed by atoms with Gasteiger partial charge in [-0.05, 0) is 24.5 Å². The van der Waals surface area contributed by atoms with Crippen LogP contribution in [-0.2, 0) is 25.5 Å². The molecule has 1 aromatic carbocycles. The minimum atomic E-state index is -0.749. The predicted octanol–water partition coefficient (Wildman–Crippen LogP) is 3.62. The van der Waals surface area contributed by atoms with E-state index >= 15 is 0 Å². The van der Waals surface area contributed by atoms with E-state index in [1.54, 1.807) is 24.3 Å². The number of halogens is 1. The van der Waals surface area contributed by atoms with Gasteiger partial charge in [-0.25, -0.2) is 4.98 Å². The van der Waals surface area contributed by atoms with E-state index in [1.165, 1.54) is 17.1 Å². The van der Waals surface area contributed by atoms with Crippen LogP contribution in [0.25, 0.3) is 0 Å². The van der Waals surface area contributed by atoms with Gasteiger partial charge in [0.15, 0.2) is 5.82 Å². The summed E-state index contributed by atoms with van der Waals surface area (Å²) >= 11 is 7.10. The summed E-state index contributed by atoms with van der Waals surface area (Å²) in [5.74, 6) is -0.00478. The molecular weight excluding hydrogens is 480 g/mol. The molecule has 11 heteroatoms. The van der Waals surface area contributed by atoms with Gasteiger partial charge >= 0.3 is 5.97 Å². The van der Waals surface area contributed by atoms with Gasteiger partial charge in [0.2, 0.25) is 11.0 Å². The molecule has 34 heavy (non-hydrogen) atoms. The lowest BCUT2D eigenvalue weighted by atomic mass is 10.0. The number of nitrogens with zero attached hydrogens (tertiary/aromatic N) is 3. The van der Waals surface area contributed by atoms with E-state index in [4.69, 9.17) is 21.1 Å². The minimum absolute atomic E-state index is 0.101. The van der Waals surface area contributed by atoms with Crippen LogP contribution in [0.15, 0.2) is 48.8 Å². The van der Waals surface area contributed by atoms with Gasteiger partial charge in [0, 0.05) is 17.6 Å². The highest BCUT2D eigenvalue weighted by Gasteiger charge is 2.35. The van der Waals surface area contributed by atoms with Crippen molar-refractivity contribution in [3.8, 4) is 5.75 Å². The summed E-state index contributed by atoms with van der Waals surface area (Å²) in [5.41, 5.74) is 0. The van der Waals surface area contributed by atoms with Crippen molar-refractivity contribution in [3.05, 3.63) is 59.6 Å². The SMILES string of the molecule is C=CCOC(=O)Cc1nsc(NC(=O)C(CC(C)C)N2CC(Oc3ccccc3Cl)=CC2=O)n1. The Kier molecular flexibility index (Phi) is 8.78. The fourth-order valence-electron chi connectivity index (χ4n) is 3.23. The fraction of sp³-hybridized carbons (Fsp3) is 0.348. The third-order valence-corrected chi connectivity index (χ3v) is 5.69. The minimum Gasteiger partial charge on any atom is -0.461 e. The summed E-state index contributed by atoms with van der Waals surface area (Å²) in [4.78, 5) is 43.2. The van der Waals surface area contributed by atoms with Crippen molar-refractivity contribution >= 4 is 46.0 Å². The van der Waals surface area contributed by atoms with Crippen LogP contribution in [0.5, 0.6) is 5.75 Å². The molecule has 1 aliphatic heterocycles. The van der Waals surface area contributed by atoms with Gasteiger partial charge in [-0.2, -0.15) is 4.37 Å². The third kappa shape index (κ3) is 6.88. The molecule has 0 saturated carbocycles. The van der Waals surface area contributed by atoms with Crippen molar-refractivity contribution < 1.29 is 23.9 Å². The highest BCUT2D eigenvalue weighted by atomic mass is 35.5. The number of hydrogen-bond donors (Lipinski definition) is 1. The van der Waals surface area contributed by atoms with E-state index in [9.17, 15) is 14.4 Å². The van der Waals surface area contributed by atoms with Crippen molar-refractivity contribution in [2.45, 2.75) is 32.7 Å². The maximum atomic E-state index is 13.1. The second-order valence-corrected chi connectivity index (χ2v) is 9.07. The lowest BCUT2D eigenvalue weighted by molar-refractivity contribution is -0.141.